The molecule has 7 heterocycles. The number of rotatable bonds is 46. The van der Waals surface area contributed by atoms with Crippen LogP contribution in [0.2, 0.25) is 0 Å². The highest BCUT2D eigenvalue weighted by molar-refractivity contribution is 7.95. The molecular weight excluding hydrogens is 1400 g/mol. The fourth-order valence-corrected chi connectivity index (χ4v) is 19.3. The number of carbonyl (C=O) groups is 11. The molecule has 0 radical (unpaired) electrons. The zero-order valence-corrected chi connectivity index (χ0v) is 65.9. The number of ketones is 11. The number of carbonyl (C=O) groups excluding carboxylic acids is 11. The SMILES string of the molecule is CN(C)CCCCC(=O)CCCC(=O)c1cc(CC(=O)c2cc(CC(=O)c3nc(CC(=O)CCCC(=O)c4cc(CC(=O)c5cc(CC(=O)c6cc(CC(=O)c7nc(CC(=O)CCCC(=O)CCCC[P+](c8ccccc8)(c8ccccc8)c8ccccc8)cn7C)cn6C)cn5C)cn4C)cn3C)cn2C)cn1C. The van der Waals surface area contributed by atoms with E-state index in [1.54, 1.807) is 155 Å². The molecule has 22 heteroatoms. The molecule has 0 saturated heterocycles. The summed E-state index contributed by atoms with van der Waals surface area (Å²) in [7, 11) is 14.1. The van der Waals surface area contributed by atoms with Crippen LogP contribution in [0, 0.1) is 0 Å². The summed E-state index contributed by atoms with van der Waals surface area (Å²) in [5, 5.41) is 3.95. The van der Waals surface area contributed by atoms with Gasteiger partial charge in [0.05, 0.1) is 58.9 Å². The summed E-state index contributed by atoms with van der Waals surface area (Å²) in [6.07, 6.45) is 19.9. The van der Waals surface area contributed by atoms with Crippen molar-refractivity contribution in [2.75, 3.05) is 26.8 Å². The molecule has 0 saturated carbocycles. The zero-order chi connectivity index (χ0) is 78.8. The van der Waals surface area contributed by atoms with Crippen molar-refractivity contribution >= 4 is 86.8 Å². The van der Waals surface area contributed by atoms with Gasteiger partial charge in [0.1, 0.15) is 46.3 Å². The average Bonchev–Trinajstić information content (AvgIpc) is 1.20. The van der Waals surface area contributed by atoms with E-state index in [0.717, 1.165) is 38.4 Å². The lowest BCUT2D eigenvalue weighted by atomic mass is 10.0. The van der Waals surface area contributed by atoms with Gasteiger partial charge in [-0.2, -0.15) is 0 Å². The molecule has 0 spiro atoms. The van der Waals surface area contributed by atoms with Crippen LogP contribution in [0.5, 0.6) is 0 Å². The second-order valence-electron chi connectivity index (χ2n) is 29.7. The van der Waals surface area contributed by atoms with E-state index >= 15 is 0 Å². The molecule has 0 amide bonds. The van der Waals surface area contributed by atoms with Crippen LogP contribution in [0.3, 0.4) is 0 Å². The Hall–Kier alpha value is -10.8. The first-order valence-electron chi connectivity index (χ1n) is 38.0. The predicted octanol–water partition coefficient (Wildman–Crippen LogP) is 11.8. The molecule has 0 N–H and O–H groups in total. The van der Waals surface area contributed by atoms with Crippen LogP contribution in [-0.2, 0) is 113 Å². The quantitative estimate of drug-likeness (QED) is 0.0195. The van der Waals surface area contributed by atoms with Gasteiger partial charge >= 0.3 is 0 Å². The lowest BCUT2D eigenvalue weighted by Crippen LogP contribution is -2.33. The van der Waals surface area contributed by atoms with Gasteiger partial charge in [-0.25, -0.2) is 9.97 Å². The van der Waals surface area contributed by atoms with Crippen LogP contribution in [0.25, 0.3) is 0 Å². The summed E-state index contributed by atoms with van der Waals surface area (Å²) in [6.45, 7) is 0.933. The zero-order valence-electron chi connectivity index (χ0n) is 65.0. The Morgan fingerprint density at radius 1 is 0.300 bits per heavy atom. The standard InChI is InChI=1S/C88H102N10O11P/c1-91(2)40-21-19-26-68(99)29-24-38-80(103)75-42-61(54-92(75)3)48-83(106)78-45-64(57-95(78)6)50-86(109)88-90-67(60-98(88)9)53-71(102)31-25-39-81(104)76-43-62(55-93(76)4)47-82(105)77-44-63(56-94(77)5)49-84(107)79-46-65(58-96(79)7)51-85(108)87-89-66(59-97(87)8)52-70(101)30-23-28-69(100)27-20-22-41-110(72-32-13-10-14-33-72,73-34-15-11-16-35-73)74-36-17-12-18-37-74/h10-18,32-37,42-46,54-60H,19-31,38-41,47-53H2,1-9H3/q+1. The second kappa shape index (κ2) is 38.1. The fraction of sp³-hybridized carbons (Fsp3) is 0.375. The van der Waals surface area contributed by atoms with Crippen LogP contribution in [-0.4, -0.2) is 137 Å². The van der Waals surface area contributed by atoms with E-state index in [1.165, 1.54) is 15.9 Å². The maximum Gasteiger partial charge on any atom is 0.202 e. The molecule has 10 aromatic rings. The molecular formula is C88H102N10O11P+. The molecule has 0 atom stereocenters. The van der Waals surface area contributed by atoms with E-state index in [1.807, 2.05) is 32.3 Å². The lowest BCUT2D eigenvalue weighted by Gasteiger charge is -2.27. The van der Waals surface area contributed by atoms with E-state index in [0.29, 0.717) is 106 Å². The highest BCUT2D eigenvalue weighted by atomic mass is 31.2. The van der Waals surface area contributed by atoms with E-state index in [-0.39, 0.29) is 152 Å². The number of aryl methyl sites for hydroxylation is 7. The number of hydrogen-bond donors (Lipinski definition) is 0. The van der Waals surface area contributed by atoms with Gasteiger partial charge in [0, 0.05) is 176 Å². The minimum Gasteiger partial charge on any atom is -0.348 e. The van der Waals surface area contributed by atoms with Gasteiger partial charge in [-0.05, 0) is 160 Å². The molecule has 10 rings (SSSR count). The van der Waals surface area contributed by atoms with Crippen molar-refractivity contribution in [2.24, 2.45) is 49.3 Å². The summed E-state index contributed by atoms with van der Waals surface area (Å²) in [6, 6.07) is 40.6. The van der Waals surface area contributed by atoms with Crippen LogP contribution in [0.15, 0.2) is 165 Å². The van der Waals surface area contributed by atoms with Crippen LogP contribution in [0.1, 0.15) is 209 Å². The number of aromatic nitrogens is 9. The Labute approximate surface area is 644 Å². The number of benzene rings is 3. The Balaban J connectivity index is 0.622. The summed E-state index contributed by atoms with van der Waals surface area (Å²) < 4.78 is 11.6. The van der Waals surface area contributed by atoms with E-state index < -0.39 is 7.26 Å². The third-order valence-corrected chi connectivity index (χ3v) is 24.9. The van der Waals surface area contributed by atoms with Crippen molar-refractivity contribution in [3.63, 3.8) is 0 Å². The third-order valence-electron chi connectivity index (χ3n) is 20.4. The highest BCUT2D eigenvalue weighted by Gasteiger charge is 2.44. The molecule has 7 aromatic heterocycles. The fourth-order valence-electron chi connectivity index (χ4n) is 14.9. The van der Waals surface area contributed by atoms with Gasteiger partial charge in [0.2, 0.25) is 11.6 Å². The Morgan fingerprint density at radius 2 is 0.582 bits per heavy atom. The van der Waals surface area contributed by atoms with Crippen molar-refractivity contribution in [3.8, 4) is 0 Å². The van der Waals surface area contributed by atoms with Gasteiger partial charge in [-0.3, -0.25) is 52.7 Å². The first-order chi connectivity index (χ1) is 52.7. The lowest BCUT2D eigenvalue weighted by molar-refractivity contribution is -0.121. The predicted molar refractivity (Wildman–Crippen MR) is 428 cm³/mol. The van der Waals surface area contributed by atoms with Crippen molar-refractivity contribution < 1.29 is 52.7 Å². The number of unbranched alkanes of at least 4 members (excludes halogenated alkanes) is 2. The minimum atomic E-state index is -1.98. The number of imidazole rings is 2. The van der Waals surface area contributed by atoms with Gasteiger partial charge in [0.25, 0.3) is 0 Å². The molecule has 0 aliphatic carbocycles. The average molecular weight is 1510 g/mol. The van der Waals surface area contributed by atoms with Gasteiger partial charge in [-0.1, -0.05) is 54.6 Å². The maximum atomic E-state index is 13.8. The first-order valence-corrected chi connectivity index (χ1v) is 40.0. The van der Waals surface area contributed by atoms with Crippen molar-refractivity contribution in [3.05, 3.63) is 244 Å². The molecule has 0 aliphatic rings. The van der Waals surface area contributed by atoms with E-state index in [2.05, 4.69) is 87.7 Å². The Morgan fingerprint density at radius 3 is 0.909 bits per heavy atom. The minimum absolute atomic E-state index is 0.00602. The highest BCUT2D eigenvalue weighted by Crippen LogP contribution is 2.56. The number of Topliss-reactive ketones (excluding diaryl/α,β-unsaturated/α-hetero) is 11. The second-order valence-corrected chi connectivity index (χ2v) is 33.3. The number of nitrogens with zero attached hydrogens (tertiary/aromatic N) is 10. The topological polar surface area (TPSA) is 251 Å². The third kappa shape index (κ3) is 21.6. The van der Waals surface area contributed by atoms with Crippen molar-refractivity contribution in [2.45, 2.75) is 141 Å². The van der Waals surface area contributed by atoms with Gasteiger partial charge in [-0.15, -0.1) is 0 Å². The first kappa shape index (κ1) is 81.8. The monoisotopic (exact) mass is 1510 g/mol. The van der Waals surface area contributed by atoms with Crippen molar-refractivity contribution in [1.82, 2.24) is 46.8 Å². The van der Waals surface area contributed by atoms with Crippen LogP contribution < -0.4 is 15.9 Å². The molecule has 21 nitrogen and oxygen atoms in total. The normalized spacial score (nSPS) is 11.6. The Bertz CT molecular complexity index is 4900. The van der Waals surface area contributed by atoms with Crippen LogP contribution in [0.4, 0.5) is 0 Å². The van der Waals surface area contributed by atoms with Crippen molar-refractivity contribution in [1.29, 1.82) is 0 Å². The van der Waals surface area contributed by atoms with Gasteiger partial charge in [0.15, 0.2) is 40.6 Å². The summed E-state index contributed by atoms with van der Waals surface area (Å²) in [5.41, 5.74) is 6.08. The largest absolute Gasteiger partial charge is 0.348 e. The molecule has 110 heavy (non-hydrogen) atoms. The summed E-state index contributed by atoms with van der Waals surface area (Å²) in [4.78, 5) is 158. The van der Waals surface area contributed by atoms with E-state index in [9.17, 15) is 52.7 Å². The summed E-state index contributed by atoms with van der Waals surface area (Å²) >= 11 is 0. The van der Waals surface area contributed by atoms with Gasteiger partial charge < -0.3 is 36.9 Å². The molecule has 574 valence electrons. The molecule has 0 fully saturated rings. The molecule has 0 bridgehead atoms. The summed E-state index contributed by atoms with van der Waals surface area (Å²) in [5.74, 6) is -1.01. The Kier molecular flexibility index (Phi) is 28.3. The smallest absolute Gasteiger partial charge is 0.202 e. The number of hydrogen-bond acceptors (Lipinski definition) is 14. The van der Waals surface area contributed by atoms with E-state index in [4.69, 9.17) is 0 Å². The maximum absolute atomic E-state index is 13.8. The molecule has 0 aliphatic heterocycles. The molecule has 0 unspecified atom stereocenters. The molecule has 3 aromatic carbocycles. The van der Waals surface area contributed by atoms with Crippen LogP contribution >= 0.6 is 7.26 Å².